The summed E-state index contributed by atoms with van der Waals surface area (Å²) in [5, 5.41) is 0. The summed E-state index contributed by atoms with van der Waals surface area (Å²) in [6.07, 6.45) is 2.00. The first-order valence-electron chi connectivity index (χ1n) is 6.95. The average molecular weight is 287 g/mol. The molecule has 0 N–H and O–H groups in total. The van der Waals surface area contributed by atoms with Crippen molar-refractivity contribution in [1.82, 2.24) is 4.98 Å². The van der Waals surface area contributed by atoms with E-state index in [0.29, 0.717) is 11.3 Å². The van der Waals surface area contributed by atoms with Crippen molar-refractivity contribution < 1.29 is 13.9 Å². The van der Waals surface area contributed by atoms with Gasteiger partial charge in [0.15, 0.2) is 5.78 Å². The van der Waals surface area contributed by atoms with Gasteiger partial charge in [-0.05, 0) is 34.6 Å². The van der Waals surface area contributed by atoms with Crippen LogP contribution in [0.1, 0.15) is 44.3 Å². The molecular weight excluding hydrogens is 266 g/mol. The van der Waals surface area contributed by atoms with Crippen LogP contribution in [0.2, 0.25) is 0 Å². The van der Waals surface area contributed by atoms with Gasteiger partial charge in [-0.15, -0.1) is 0 Å². The highest BCUT2D eigenvalue weighted by Gasteiger charge is 2.21. The van der Waals surface area contributed by atoms with Crippen molar-refractivity contribution in [2.75, 3.05) is 7.11 Å². The van der Waals surface area contributed by atoms with Gasteiger partial charge in [0, 0.05) is 22.9 Å². The van der Waals surface area contributed by atoms with Crippen LogP contribution in [0, 0.1) is 34.6 Å². The number of nitrogens with zero attached hydrogens (tertiary/aromatic N) is 1. The Morgan fingerprint density at radius 2 is 1.81 bits per heavy atom. The summed E-state index contributed by atoms with van der Waals surface area (Å²) in [5.74, 6) is 2.29. The van der Waals surface area contributed by atoms with E-state index in [2.05, 4.69) is 4.98 Å². The zero-order chi connectivity index (χ0) is 15.7. The fraction of sp³-hybridized carbons (Fsp3) is 0.412. The number of aryl methyl sites for hydroxylation is 3. The molecule has 0 saturated heterocycles. The minimum atomic E-state index is 0.0309. The van der Waals surface area contributed by atoms with E-state index in [-0.39, 0.29) is 12.2 Å². The topological polar surface area (TPSA) is 52.3 Å². The summed E-state index contributed by atoms with van der Waals surface area (Å²) in [4.78, 5) is 17.0. The summed E-state index contributed by atoms with van der Waals surface area (Å²) in [7, 11) is 1.63. The molecule has 112 valence electrons. The van der Waals surface area contributed by atoms with Crippen molar-refractivity contribution in [3.05, 3.63) is 45.7 Å². The number of hydrogen-bond acceptors (Lipinski definition) is 4. The Bertz CT molecular complexity index is 699. The van der Waals surface area contributed by atoms with Crippen molar-refractivity contribution in [2.24, 2.45) is 0 Å². The van der Waals surface area contributed by atoms with E-state index < -0.39 is 0 Å². The number of Topliss-reactive ketones (excluding diaryl/α,β-unsaturated/α-hetero) is 1. The normalized spacial score (nSPS) is 10.8. The van der Waals surface area contributed by atoms with Crippen molar-refractivity contribution in [3.8, 4) is 5.75 Å². The van der Waals surface area contributed by atoms with Crippen LogP contribution < -0.4 is 4.74 Å². The van der Waals surface area contributed by atoms with E-state index >= 15 is 0 Å². The van der Waals surface area contributed by atoms with Gasteiger partial charge in [0.1, 0.15) is 17.3 Å². The van der Waals surface area contributed by atoms with Crippen molar-refractivity contribution in [2.45, 2.75) is 41.0 Å². The highest BCUT2D eigenvalue weighted by atomic mass is 16.5. The van der Waals surface area contributed by atoms with E-state index in [9.17, 15) is 4.79 Å². The van der Waals surface area contributed by atoms with Gasteiger partial charge in [0.25, 0.3) is 0 Å². The monoisotopic (exact) mass is 287 g/mol. The second-order valence-electron chi connectivity index (χ2n) is 5.36. The molecule has 2 rings (SSSR count). The Balaban J connectivity index is 2.36. The number of ketones is 1. The molecule has 0 bridgehead atoms. The molecule has 0 unspecified atom stereocenters. The highest BCUT2D eigenvalue weighted by Crippen LogP contribution is 2.26. The minimum Gasteiger partial charge on any atom is -0.496 e. The first-order chi connectivity index (χ1) is 9.86. The summed E-state index contributed by atoms with van der Waals surface area (Å²) in [6, 6.07) is 0. The van der Waals surface area contributed by atoms with Gasteiger partial charge in [-0.25, -0.2) is 0 Å². The van der Waals surface area contributed by atoms with Gasteiger partial charge in [-0.1, -0.05) is 0 Å². The number of rotatable bonds is 4. The van der Waals surface area contributed by atoms with Gasteiger partial charge in [-0.2, -0.15) is 0 Å². The third-order valence-corrected chi connectivity index (χ3v) is 3.92. The second-order valence-corrected chi connectivity index (χ2v) is 5.36. The molecule has 0 aliphatic rings. The zero-order valence-electron chi connectivity index (χ0n) is 13.5. The Hall–Kier alpha value is -2.10. The number of furan rings is 1. The fourth-order valence-corrected chi connectivity index (χ4v) is 2.69. The van der Waals surface area contributed by atoms with Crippen LogP contribution in [-0.4, -0.2) is 17.9 Å². The predicted octanol–water partition coefficient (Wildman–Crippen LogP) is 3.65. The molecule has 4 nitrogen and oxygen atoms in total. The number of ether oxygens (including phenoxy) is 1. The van der Waals surface area contributed by atoms with Crippen molar-refractivity contribution in [1.29, 1.82) is 0 Å². The van der Waals surface area contributed by atoms with E-state index in [1.54, 1.807) is 13.3 Å². The largest absolute Gasteiger partial charge is 0.496 e. The second kappa shape index (κ2) is 5.72. The van der Waals surface area contributed by atoms with E-state index in [4.69, 9.17) is 9.15 Å². The van der Waals surface area contributed by atoms with Crippen LogP contribution in [0.4, 0.5) is 0 Å². The summed E-state index contributed by atoms with van der Waals surface area (Å²) < 4.78 is 10.9. The molecule has 21 heavy (non-hydrogen) atoms. The smallest absolute Gasteiger partial charge is 0.172 e. The minimum absolute atomic E-state index is 0.0309. The molecular formula is C17H21NO3. The molecule has 4 heteroatoms. The van der Waals surface area contributed by atoms with E-state index in [1.807, 2.05) is 34.6 Å². The molecule has 0 atom stereocenters. The Labute approximate surface area is 125 Å². The molecule has 0 fully saturated rings. The first-order valence-corrected chi connectivity index (χ1v) is 6.95. The lowest BCUT2D eigenvalue weighted by atomic mass is 9.99. The van der Waals surface area contributed by atoms with Crippen LogP contribution >= 0.6 is 0 Å². The lowest BCUT2D eigenvalue weighted by molar-refractivity contribution is 0.0989. The number of pyridine rings is 1. The average Bonchev–Trinajstić information content (AvgIpc) is 2.67. The molecule has 0 saturated carbocycles. The molecule has 0 amide bonds. The molecule has 2 aromatic heterocycles. The number of aromatic nitrogens is 1. The summed E-state index contributed by atoms with van der Waals surface area (Å²) >= 11 is 0. The number of carbonyl (C=O) groups is 1. The van der Waals surface area contributed by atoms with Crippen LogP contribution in [0.25, 0.3) is 0 Å². The third kappa shape index (κ3) is 2.71. The maximum atomic E-state index is 12.6. The quantitative estimate of drug-likeness (QED) is 0.805. The van der Waals surface area contributed by atoms with Crippen LogP contribution in [0.5, 0.6) is 5.75 Å². The maximum absolute atomic E-state index is 12.6. The Morgan fingerprint density at radius 3 is 2.33 bits per heavy atom. The molecule has 0 aromatic carbocycles. The Morgan fingerprint density at radius 1 is 1.14 bits per heavy atom. The molecule has 2 heterocycles. The van der Waals surface area contributed by atoms with E-state index in [0.717, 1.165) is 33.9 Å². The van der Waals surface area contributed by atoms with Crippen molar-refractivity contribution in [3.63, 3.8) is 0 Å². The van der Waals surface area contributed by atoms with Crippen LogP contribution in [-0.2, 0) is 6.42 Å². The molecule has 0 radical (unpaired) electrons. The zero-order valence-corrected chi connectivity index (χ0v) is 13.5. The van der Waals surface area contributed by atoms with Gasteiger partial charge >= 0.3 is 0 Å². The van der Waals surface area contributed by atoms with Crippen LogP contribution in [0.15, 0.2) is 10.6 Å². The first kappa shape index (κ1) is 15.3. The number of carbonyl (C=O) groups excluding carboxylic acids is 1. The van der Waals surface area contributed by atoms with Crippen molar-refractivity contribution >= 4 is 5.78 Å². The lowest BCUT2D eigenvalue weighted by Crippen LogP contribution is -2.09. The molecule has 0 spiro atoms. The molecule has 0 aliphatic carbocycles. The van der Waals surface area contributed by atoms with Gasteiger partial charge in [0.2, 0.25) is 0 Å². The predicted molar refractivity (Wildman–Crippen MR) is 81.2 cm³/mol. The maximum Gasteiger partial charge on any atom is 0.172 e. The van der Waals surface area contributed by atoms with Crippen LogP contribution in [0.3, 0.4) is 0 Å². The SMILES string of the molecule is COc1c(C)cnc(CC(=O)c2c(C)oc(C)c2C)c1C. The van der Waals surface area contributed by atoms with Gasteiger partial charge in [0.05, 0.1) is 24.8 Å². The summed E-state index contributed by atoms with van der Waals surface area (Å²) in [6.45, 7) is 9.48. The summed E-state index contributed by atoms with van der Waals surface area (Å²) in [5.41, 5.74) is 4.22. The van der Waals surface area contributed by atoms with E-state index in [1.165, 1.54) is 0 Å². The lowest BCUT2D eigenvalue weighted by Gasteiger charge is -2.11. The third-order valence-electron chi connectivity index (χ3n) is 3.92. The molecule has 2 aromatic rings. The van der Waals surface area contributed by atoms with Gasteiger partial charge in [-0.3, -0.25) is 9.78 Å². The fourth-order valence-electron chi connectivity index (χ4n) is 2.69. The number of hydrogen-bond donors (Lipinski definition) is 0. The number of methoxy groups -OCH3 is 1. The molecule has 0 aliphatic heterocycles. The van der Waals surface area contributed by atoms with Gasteiger partial charge < -0.3 is 9.15 Å². The Kier molecular flexibility index (Phi) is 4.16. The standard InChI is InChI=1S/C17H21NO3/c1-9-8-18-14(11(3)17(9)20-6)7-15(19)16-10(2)12(4)21-13(16)5/h8H,7H2,1-6H3. The highest BCUT2D eigenvalue weighted by molar-refractivity contribution is 5.99.